The fourth-order valence-electron chi connectivity index (χ4n) is 1.45. The number of aliphatic hydroxyl groups excluding tert-OH is 1. The molecule has 1 aromatic carbocycles. The molecule has 4 nitrogen and oxygen atoms in total. The average Bonchev–Trinajstić information content (AvgIpc) is 2.27. The summed E-state index contributed by atoms with van der Waals surface area (Å²) < 4.78 is 4.95. The summed E-state index contributed by atoms with van der Waals surface area (Å²) >= 11 is 0. The molecule has 0 radical (unpaired) electrons. The Labute approximate surface area is 108 Å². The molecule has 0 aromatic heterocycles. The Morgan fingerprint density at radius 1 is 1.41 bits per heavy atom. The molecule has 0 spiro atoms. The van der Waals surface area contributed by atoms with E-state index >= 15 is 0 Å². The van der Waals surface area contributed by atoms with Crippen molar-refractivity contribution in [2.24, 2.45) is 11.1 Å². The van der Waals surface area contributed by atoms with Gasteiger partial charge in [0.2, 0.25) is 0 Å². The van der Waals surface area contributed by atoms with Crippen LogP contribution in [0.5, 0.6) is 11.5 Å². The van der Waals surface area contributed by atoms with E-state index in [0.717, 1.165) is 5.56 Å². The van der Waals surface area contributed by atoms with E-state index in [-0.39, 0.29) is 30.8 Å². The number of aromatic hydroxyl groups is 1. The van der Waals surface area contributed by atoms with Gasteiger partial charge in [-0.1, -0.05) is 19.9 Å². The number of phenols is 1. The molecule has 98 valence electrons. The van der Waals surface area contributed by atoms with Crippen LogP contribution in [0.15, 0.2) is 18.2 Å². The number of aliphatic hydroxyl groups is 1. The zero-order chi connectivity index (χ0) is 12.3. The van der Waals surface area contributed by atoms with Crippen molar-refractivity contribution in [3.8, 4) is 11.5 Å². The lowest BCUT2D eigenvalue weighted by molar-refractivity contribution is 0.132. The molecular weight excluding hydrogens is 242 g/mol. The van der Waals surface area contributed by atoms with Crippen LogP contribution in [0.2, 0.25) is 0 Å². The molecule has 0 aliphatic rings. The summed E-state index contributed by atoms with van der Waals surface area (Å²) in [5.41, 5.74) is 6.38. The van der Waals surface area contributed by atoms with Crippen molar-refractivity contribution in [3.63, 3.8) is 0 Å². The number of nitrogens with two attached hydrogens (primary N) is 1. The molecule has 17 heavy (non-hydrogen) atoms. The summed E-state index contributed by atoms with van der Waals surface area (Å²) in [4.78, 5) is 0. The molecule has 0 saturated heterocycles. The molecule has 0 fully saturated rings. The number of hydrogen-bond acceptors (Lipinski definition) is 4. The van der Waals surface area contributed by atoms with Crippen molar-refractivity contribution in [1.82, 2.24) is 0 Å². The third kappa shape index (κ3) is 3.49. The van der Waals surface area contributed by atoms with E-state index in [1.165, 1.54) is 7.11 Å². The first kappa shape index (κ1) is 16.0. The predicted octanol–water partition coefficient (Wildman–Crippen LogP) is 1.84. The second-order valence-electron chi connectivity index (χ2n) is 4.56. The van der Waals surface area contributed by atoms with Crippen LogP contribution in [-0.2, 0) is 0 Å². The van der Waals surface area contributed by atoms with E-state index in [0.29, 0.717) is 5.75 Å². The number of methoxy groups -OCH3 is 1. The first-order chi connectivity index (χ1) is 7.42. The van der Waals surface area contributed by atoms with Crippen LogP contribution in [0.1, 0.15) is 25.5 Å². The Kier molecular flexibility index (Phi) is 5.75. The maximum absolute atomic E-state index is 9.64. The van der Waals surface area contributed by atoms with E-state index in [1.807, 2.05) is 13.8 Å². The standard InChI is InChI=1S/C12H19NO3.ClH/c1-12(2,7-14)11(13)8-4-5-10(16-3)9(15)6-8;/h4-6,11,14-15H,7,13H2,1-3H3;1H/t11-;/m1./s1. The molecule has 0 bridgehead atoms. The van der Waals surface area contributed by atoms with Crippen molar-refractivity contribution < 1.29 is 14.9 Å². The van der Waals surface area contributed by atoms with E-state index in [2.05, 4.69) is 0 Å². The van der Waals surface area contributed by atoms with Crippen LogP contribution in [0.3, 0.4) is 0 Å². The number of benzene rings is 1. The Morgan fingerprint density at radius 3 is 2.41 bits per heavy atom. The van der Waals surface area contributed by atoms with Crippen LogP contribution < -0.4 is 10.5 Å². The second-order valence-corrected chi connectivity index (χ2v) is 4.56. The average molecular weight is 262 g/mol. The maximum Gasteiger partial charge on any atom is 0.160 e. The number of ether oxygens (including phenoxy) is 1. The largest absolute Gasteiger partial charge is 0.504 e. The summed E-state index contributed by atoms with van der Waals surface area (Å²) in [6.45, 7) is 3.73. The van der Waals surface area contributed by atoms with Gasteiger partial charge >= 0.3 is 0 Å². The van der Waals surface area contributed by atoms with Gasteiger partial charge in [-0.3, -0.25) is 0 Å². The number of hydrogen-bond donors (Lipinski definition) is 3. The number of halogens is 1. The number of rotatable bonds is 4. The highest BCUT2D eigenvalue weighted by molar-refractivity contribution is 5.85. The molecule has 0 saturated carbocycles. The second kappa shape index (κ2) is 6.10. The lowest BCUT2D eigenvalue weighted by atomic mass is 9.82. The molecule has 5 heteroatoms. The summed E-state index contributed by atoms with van der Waals surface area (Å²) in [5, 5.41) is 18.9. The van der Waals surface area contributed by atoms with Gasteiger partial charge in [0.05, 0.1) is 7.11 Å². The van der Waals surface area contributed by atoms with E-state index < -0.39 is 5.41 Å². The third-order valence-corrected chi connectivity index (χ3v) is 2.81. The fourth-order valence-corrected chi connectivity index (χ4v) is 1.45. The van der Waals surface area contributed by atoms with Crippen molar-refractivity contribution in [2.45, 2.75) is 19.9 Å². The molecule has 0 heterocycles. The van der Waals surface area contributed by atoms with Crippen molar-refractivity contribution >= 4 is 12.4 Å². The first-order valence-electron chi connectivity index (χ1n) is 5.15. The minimum absolute atomic E-state index is 0. The SMILES string of the molecule is COc1ccc([C@@H](N)C(C)(C)CO)cc1O.Cl. The monoisotopic (exact) mass is 261 g/mol. The zero-order valence-corrected chi connectivity index (χ0v) is 11.1. The Bertz CT molecular complexity index is 369. The van der Waals surface area contributed by atoms with Crippen LogP contribution in [0, 0.1) is 5.41 Å². The van der Waals surface area contributed by atoms with E-state index in [4.69, 9.17) is 10.5 Å². The van der Waals surface area contributed by atoms with Gasteiger partial charge in [-0.05, 0) is 17.7 Å². The summed E-state index contributed by atoms with van der Waals surface area (Å²) in [6.07, 6.45) is 0. The van der Waals surface area contributed by atoms with E-state index in [9.17, 15) is 10.2 Å². The molecular formula is C12H20ClNO3. The fraction of sp³-hybridized carbons (Fsp3) is 0.500. The van der Waals surface area contributed by atoms with Crippen LogP contribution in [0.4, 0.5) is 0 Å². The Hall–Kier alpha value is -0.970. The predicted molar refractivity (Wildman–Crippen MR) is 69.7 cm³/mol. The highest BCUT2D eigenvalue weighted by atomic mass is 35.5. The Balaban J connectivity index is 0.00000256. The van der Waals surface area contributed by atoms with Crippen molar-refractivity contribution in [2.75, 3.05) is 13.7 Å². The minimum Gasteiger partial charge on any atom is -0.504 e. The lowest BCUT2D eigenvalue weighted by Crippen LogP contribution is -2.32. The number of phenolic OH excluding ortho intramolecular Hbond substituents is 1. The molecule has 0 unspecified atom stereocenters. The first-order valence-corrected chi connectivity index (χ1v) is 5.15. The van der Waals surface area contributed by atoms with Gasteiger partial charge in [0.1, 0.15) is 0 Å². The molecule has 4 N–H and O–H groups in total. The van der Waals surface area contributed by atoms with Gasteiger partial charge in [0, 0.05) is 18.1 Å². The van der Waals surface area contributed by atoms with Crippen LogP contribution >= 0.6 is 12.4 Å². The van der Waals surface area contributed by atoms with E-state index in [1.54, 1.807) is 18.2 Å². The molecule has 1 rings (SSSR count). The normalized spacial score (nSPS) is 12.8. The smallest absolute Gasteiger partial charge is 0.160 e. The van der Waals surface area contributed by atoms with Crippen molar-refractivity contribution in [3.05, 3.63) is 23.8 Å². The lowest BCUT2D eigenvalue weighted by Gasteiger charge is -2.29. The topological polar surface area (TPSA) is 75.7 Å². The van der Waals surface area contributed by atoms with Gasteiger partial charge in [-0.25, -0.2) is 0 Å². The minimum atomic E-state index is -0.430. The highest BCUT2D eigenvalue weighted by Crippen LogP contribution is 2.35. The van der Waals surface area contributed by atoms with Gasteiger partial charge in [-0.2, -0.15) is 0 Å². The molecule has 0 aliphatic carbocycles. The Morgan fingerprint density at radius 2 is 2.00 bits per heavy atom. The van der Waals surface area contributed by atoms with Gasteiger partial charge < -0.3 is 20.7 Å². The van der Waals surface area contributed by atoms with Crippen LogP contribution in [-0.4, -0.2) is 23.9 Å². The molecule has 1 aromatic rings. The van der Waals surface area contributed by atoms with Crippen molar-refractivity contribution in [1.29, 1.82) is 0 Å². The van der Waals surface area contributed by atoms with Gasteiger partial charge in [-0.15, -0.1) is 12.4 Å². The zero-order valence-electron chi connectivity index (χ0n) is 10.3. The third-order valence-electron chi connectivity index (χ3n) is 2.81. The van der Waals surface area contributed by atoms with Crippen LogP contribution in [0.25, 0.3) is 0 Å². The molecule has 0 aliphatic heterocycles. The summed E-state index contributed by atoms with van der Waals surface area (Å²) in [7, 11) is 1.49. The maximum atomic E-state index is 9.64. The van der Waals surface area contributed by atoms with Gasteiger partial charge in [0.25, 0.3) is 0 Å². The summed E-state index contributed by atoms with van der Waals surface area (Å²) in [5.74, 6) is 0.474. The molecule has 1 atom stereocenters. The highest BCUT2D eigenvalue weighted by Gasteiger charge is 2.27. The molecule has 0 amide bonds. The quantitative estimate of drug-likeness (QED) is 0.773. The summed E-state index contributed by atoms with van der Waals surface area (Å²) in [6, 6.07) is 4.69. The van der Waals surface area contributed by atoms with Gasteiger partial charge in [0.15, 0.2) is 11.5 Å².